The standard InChI is InChI=1S/C19H19Cl2N7O2/c1-3-27-9-14(11(2)24-27)16-7-17(30-26-16)18(29)23-19-22-10-28(25-19)8-12-4-5-13(20)6-15(12)21/h4-6,9-10,17H,3,7-8H2,1-2H3,(H,23,25,29). The van der Waals surface area contributed by atoms with E-state index < -0.39 is 6.10 Å². The van der Waals surface area contributed by atoms with Gasteiger partial charge in [-0.15, -0.1) is 5.10 Å². The Kier molecular flexibility index (Phi) is 5.74. The molecule has 0 fully saturated rings. The van der Waals surface area contributed by atoms with Gasteiger partial charge in [0.2, 0.25) is 12.1 Å². The van der Waals surface area contributed by atoms with Gasteiger partial charge in [0.1, 0.15) is 6.33 Å². The van der Waals surface area contributed by atoms with Crippen LogP contribution < -0.4 is 5.32 Å². The van der Waals surface area contributed by atoms with E-state index in [-0.39, 0.29) is 11.9 Å². The predicted molar refractivity (Wildman–Crippen MR) is 113 cm³/mol. The third-order valence-electron chi connectivity index (χ3n) is 4.66. The number of hydrogen-bond acceptors (Lipinski definition) is 6. The number of aromatic nitrogens is 5. The van der Waals surface area contributed by atoms with Crippen LogP contribution in [0.1, 0.15) is 30.2 Å². The van der Waals surface area contributed by atoms with Crippen molar-refractivity contribution < 1.29 is 9.63 Å². The normalized spacial score (nSPS) is 15.7. The summed E-state index contributed by atoms with van der Waals surface area (Å²) in [5, 5.41) is 16.5. The number of amides is 1. The number of rotatable bonds is 6. The molecule has 4 rings (SSSR count). The summed E-state index contributed by atoms with van der Waals surface area (Å²) in [6.45, 7) is 5.06. The number of carbonyl (C=O) groups excluding carboxylic acids is 1. The van der Waals surface area contributed by atoms with Crippen molar-refractivity contribution in [1.82, 2.24) is 24.5 Å². The fourth-order valence-corrected chi connectivity index (χ4v) is 3.55. The van der Waals surface area contributed by atoms with Crippen LogP contribution in [0.25, 0.3) is 0 Å². The lowest BCUT2D eigenvalue weighted by Crippen LogP contribution is -2.28. The first-order valence-electron chi connectivity index (χ1n) is 9.34. The third-order valence-corrected chi connectivity index (χ3v) is 5.25. The van der Waals surface area contributed by atoms with E-state index >= 15 is 0 Å². The smallest absolute Gasteiger partial charge is 0.271 e. The maximum atomic E-state index is 12.5. The first kappa shape index (κ1) is 20.4. The van der Waals surface area contributed by atoms with Crippen molar-refractivity contribution in [2.24, 2.45) is 5.16 Å². The Morgan fingerprint density at radius 1 is 1.30 bits per heavy atom. The van der Waals surface area contributed by atoms with Gasteiger partial charge in [-0.25, -0.2) is 9.67 Å². The summed E-state index contributed by atoms with van der Waals surface area (Å²) in [5.41, 5.74) is 3.27. The van der Waals surface area contributed by atoms with Crippen molar-refractivity contribution in [3.8, 4) is 0 Å². The molecule has 3 heterocycles. The van der Waals surface area contributed by atoms with Gasteiger partial charge in [0.25, 0.3) is 5.91 Å². The third kappa shape index (κ3) is 4.31. The summed E-state index contributed by atoms with van der Waals surface area (Å²) in [6.07, 6.45) is 3.02. The van der Waals surface area contributed by atoms with Crippen molar-refractivity contribution in [3.05, 3.63) is 57.6 Å². The van der Waals surface area contributed by atoms with Gasteiger partial charge in [-0.1, -0.05) is 34.4 Å². The Morgan fingerprint density at radius 3 is 2.87 bits per heavy atom. The van der Waals surface area contributed by atoms with Gasteiger partial charge in [0.05, 0.1) is 18.0 Å². The van der Waals surface area contributed by atoms with Gasteiger partial charge in [-0.3, -0.25) is 14.8 Å². The molecule has 1 aliphatic heterocycles. The minimum Gasteiger partial charge on any atom is -0.382 e. The molecular weight excluding hydrogens is 429 g/mol. The molecule has 156 valence electrons. The highest BCUT2D eigenvalue weighted by molar-refractivity contribution is 6.35. The van der Waals surface area contributed by atoms with Crippen molar-refractivity contribution in [1.29, 1.82) is 0 Å². The Bertz CT molecular complexity index is 1120. The lowest BCUT2D eigenvalue weighted by atomic mass is 10.1. The molecule has 0 saturated heterocycles. The predicted octanol–water partition coefficient (Wildman–Crippen LogP) is 3.29. The molecule has 1 amide bonds. The van der Waals surface area contributed by atoms with E-state index in [1.807, 2.05) is 30.8 Å². The highest BCUT2D eigenvalue weighted by Crippen LogP contribution is 2.22. The molecule has 1 unspecified atom stereocenters. The van der Waals surface area contributed by atoms with Gasteiger partial charge in [-0.05, 0) is 31.5 Å². The van der Waals surface area contributed by atoms with Crippen LogP contribution in [0.2, 0.25) is 10.0 Å². The zero-order chi connectivity index (χ0) is 21.3. The average Bonchev–Trinajstić information content (AvgIpc) is 3.43. The van der Waals surface area contributed by atoms with Crippen molar-refractivity contribution in [2.45, 2.75) is 39.5 Å². The van der Waals surface area contributed by atoms with Gasteiger partial charge < -0.3 is 4.84 Å². The molecular formula is C19H19Cl2N7O2. The van der Waals surface area contributed by atoms with Crippen LogP contribution >= 0.6 is 23.2 Å². The summed E-state index contributed by atoms with van der Waals surface area (Å²) >= 11 is 12.1. The van der Waals surface area contributed by atoms with Crippen molar-refractivity contribution in [2.75, 3.05) is 5.32 Å². The van der Waals surface area contributed by atoms with Gasteiger partial charge in [-0.2, -0.15) is 5.10 Å². The first-order chi connectivity index (χ1) is 14.4. The largest absolute Gasteiger partial charge is 0.382 e. The summed E-state index contributed by atoms with van der Waals surface area (Å²) < 4.78 is 3.40. The maximum Gasteiger partial charge on any atom is 0.271 e. The highest BCUT2D eigenvalue weighted by atomic mass is 35.5. The fourth-order valence-electron chi connectivity index (χ4n) is 3.08. The number of oxime groups is 1. The Balaban J connectivity index is 1.36. The van der Waals surface area contributed by atoms with Crippen LogP contribution in [0, 0.1) is 6.92 Å². The van der Waals surface area contributed by atoms with Crippen molar-refractivity contribution in [3.63, 3.8) is 0 Å². The molecule has 0 spiro atoms. The molecule has 9 nitrogen and oxygen atoms in total. The maximum absolute atomic E-state index is 12.5. The average molecular weight is 448 g/mol. The minimum absolute atomic E-state index is 0.178. The summed E-state index contributed by atoms with van der Waals surface area (Å²) in [7, 11) is 0. The molecule has 2 aromatic heterocycles. The van der Waals surface area contributed by atoms with Crippen LogP contribution in [-0.4, -0.2) is 42.3 Å². The fraction of sp³-hybridized carbons (Fsp3) is 0.316. The van der Waals surface area contributed by atoms with Gasteiger partial charge >= 0.3 is 0 Å². The number of halogens is 2. The zero-order valence-corrected chi connectivity index (χ0v) is 17.9. The number of carbonyl (C=O) groups is 1. The summed E-state index contributed by atoms with van der Waals surface area (Å²) in [4.78, 5) is 22.0. The van der Waals surface area contributed by atoms with Crippen LogP contribution in [0.3, 0.4) is 0 Å². The number of nitrogens with one attached hydrogen (secondary N) is 1. The molecule has 0 aliphatic carbocycles. The van der Waals surface area contributed by atoms with E-state index in [0.717, 1.165) is 23.4 Å². The molecule has 0 radical (unpaired) electrons. The van der Waals surface area contributed by atoms with E-state index in [0.29, 0.717) is 28.7 Å². The van der Waals surface area contributed by atoms with E-state index in [9.17, 15) is 4.79 Å². The Labute approximate surface area is 182 Å². The van der Waals surface area contributed by atoms with E-state index in [4.69, 9.17) is 28.0 Å². The molecule has 0 bridgehead atoms. The summed E-state index contributed by atoms with van der Waals surface area (Å²) in [5.74, 6) is -0.186. The van der Waals surface area contributed by atoms with E-state index in [1.54, 1.807) is 16.8 Å². The van der Waals surface area contributed by atoms with Gasteiger partial charge in [0, 0.05) is 34.8 Å². The van der Waals surface area contributed by atoms with Crippen LogP contribution in [0.15, 0.2) is 35.9 Å². The number of aryl methyl sites for hydroxylation is 2. The molecule has 30 heavy (non-hydrogen) atoms. The quantitative estimate of drug-likeness (QED) is 0.624. The Hall–Kier alpha value is -2.91. The SMILES string of the molecule is CCn1cc(C2=NOC(C(=O)Nc3ncn(Cc4ccc(Cl)cc4Cl)n3)C2)c(C)n1. The lowest BCUT2D eigenvalue weighted by Gasteiger charge is -2.07. The molecule has 3 aromatic rings. The lowest BCUT2D eigenvalue weighted by molar-refractivity contribution is -0.125. The second-order valence-electron chi connectivity index (χ2n) is 6.81. The second kappa shape index (κ2) is 8.45. The molecule has 1 aliphatic rings. The minimum atomic E-state index is -0.748. The van der Waals surface area contributed by atoms with E-state index in [1.165, 1.54) is 6.33 Å². The Morgan fingerprint density at radius 2 is 2.13 bits per heavy atom. The summed E-state index contributed by atoms with van der Waals surface area (Å²) in [6, 6.07) is 5.24. The number of nitrogens with zero attached hydrogens (tertiary/aromatic N) is 6. The van der Waals surface area contributed by atoms with Crippen LogP contribution in [0.4, 0.5) is 5.95 Å². The van der Waals surface area contributed by atoms with Crippen LogP contribution in [0.5, 0.6) is 0 Å². The highest BCUT2D eigenvalue weighted by Gasteiger charge is 2.31. The zero-order valence-electron chi connectivity index (χ0n) is 16.3. The van der Waals surface area contributed by atoms with Crippen LogP contribution in [-0.2, 0) is 22.7 Å². The molecule has 0 saturated carbocycles. The number of anilines is 1. The first-order valence-corrected chi connectivity index (χ1v) is 10.1. The molecule has 11 heteroatoms. The second-order valence-corrected chi connectivity index (χ2v) is 7.65. The number of hydrogen-bond donors (Lipinski definition) is 1. The molecule has 1 N–H and O–H groups in total. The number of benzene rings is 1. The molecule has 1 atom stereocenters. The van der Waals surface area contributed by atoms with Crippen molar-refractivity contribution >= 4 is 40.8 Å². The molecule has 1 aromatic carbocycles. The topological polar surface area (TPSA) is 99.2 Å². The van der Waals surface area contributed by atoms with Gasteiger partial charge in [0.15, 0.2) is 0 Å². The monoisotopic (exact) mass is 447 g/mol. The van der Waals surface area contributed by atoms with E-state index in [2.05, 4.69) is 25.7 Å².